The van der Waals surface area contributed by atoms with E-state index in [1.807, 2.05) is 20.8 Å². The first kappa shape index (κ1) is 24.8. The highest BCUT2D eigenvalue weighted by atomic mass is 35.5. The van der Waals surface area contributed by atoms with Crippen LogP contribution in [0.5, 0.6) is 0 Å². The largest absolute Gasteiger partial charge is 0.465 e. The molecule has 1 unspecified atom stereocenters. The van der Waals surface area contributed by atoms with Gasteiger partial charge in [0, 0.05) is 11.3 Å². The van der Waals surface area contributed by atoms with Gasteiger partial charge in [0.15, 0.2) is 0 Å². The number of nitrogens with one attached hydrogen (secondary N) is 1. The van der Waals surface area contributed by atoms with E-state index in [-0.39, 0.29) is 28.5 Å². The third-order valence-electron chi connectivity index (χ3n) is 3.94. The number of hydrogen-bond donors (Lipinski definition) is 1. The van der Waals surface area contributed by atoms with Gasteiger partial charge in [-0.15, -0.1) is 11.8 Å². The van der Waals surface area contributed by atoms with Crippen molar-refractivity contribution in [1.29, 1.82) is 0 Å². The second-order valence-corrected chi connectivity index (χ2v) is 8.84. The summed E-state index contributed by atoms with van der Waals surface area (Å²) >= 11 is 7.44. The summed E-state index contributed by atoms with van der Waals surface area (Å²) in [5.41, 5.74) is 0.0826. The van der Waals surface area contributed by atoms with Crippen molar-refractivity contribution in [2.75, 3.05) is 11.9 Å². The molecular weight excluding hydrogens is 401 g/mol. The fourth-order valence-electron chi connectivity index (χ4n) is 2.45. The van der Waals surface area contributed by atoms with Crippen LogP contribution in [0.15, 0.2) is 17.0 Å². The molecule has 28 heavy (non-hydrogen) atoms. The van der Waals surface area contributed by atoms with Crippen molar-refractivity contribution in [3.8, 4) is 0 Å². The molecule has 0 fully saturated rings. The van der Waals surface area contributed by atoms with Gasteiger partial charge >= 0.3 is 5.97 Å². The van der Waals surface area contributed by atoms with Gasteiger partial charge in [-0.25, -0.2) is 4.39 Å². The molecule has 0 saturated heterocycles. The smallest absolute Gasteiger partial charge is 0.319 e. The maximum atomic E-state index is 14.2. The summed E-state index contributed by atoms with van der Waals surface area (Å²) in [6.07, 6.45) is 4.49. The summed E-state index contributed by atoms with van der Waals surface area (Å²) in [5, 5.41) is 2.39. The van der Waals surface area contributed by atoms with E-state index < -0.39 is 11.1 Å². The highest BCUT2D eigenvalue weighted by Gasteiger charge is 2.23. The summed E-state index contributed by atoms with van der Waals surface area (Å²) in [6.45, 7) is 8.34. The molecule has 4 nitrogen and oxygen atoms in total. The van der Waals surface area contributed by atoms with E-state index >= 15 is 0 Å². The van der Waals surface area contributed by atoms with E-state index in [0.717, 1.165) is 25.7 Å². The molecule has 7 heteroatoms. The van der Waals surface area contributed by atoms with Gasteiger partial charge < -0.3 is 10.1 Å². The minimum absolute atomic E-state index is 0.0826. The summed E-state index contributed by atoms with van der Waals surface area (Å²) in [5.74, 6) is -0.869. The highest BCUT2D eigenvalue weighted by Crippen LogP contribution is 2.36. The molecule has 0 spiro atoms. The Bertz CT molecular complexity index is 655. The zero-order valence-electron chi connectivity index (χ0n) is 17.1. The number of amides is 1. The maximum absolute atomic E-state index is 14.2. The zero-order chi connectivity index (χ0) is 21.1. The van der Waals surface area contributed by atoms with Crippen molar-refractivity contribution in [3.05, 3.63) is 23.0 Å². The number of hydrogen-bond acceptors (Lipinski definition) is 4. The number of ether oxygens (including phenoxy) is 1. The average Bonchev–Trinajstić information content (AvgIpc) is 2.63. The Morgan fingerprint density at radius 2 is 1.93 bits per heavy atom. The Morgan fingerprint density at radius 3 is 2.54 bits per heavy atom. The topological polar surface area (TPSA) is 55.4 Å². The van der Waals surface area contributed by atoms with Gasteiger partial charge in [0.1, 0.15) is 11.1 Å². The number of rotatable bonds is 12. The first-order valence-corrected chi connectivity index (χ1v) is 11.2. The summed E-state index contributed by atoms with van der Waals surface area (Å²) in [4.78, 5) is 25.0. The third kappa shape index (κ3) is 8.82. The van der Waals surface area contributed by atoms with Crippen LogP contribution in [0.2, 0.25) is 5.02 Å². The van der Waals surface area contributed by atoms with Crippen LogP contribution in [0.4, 0.5) is 10.1 Å². The van der Waals surface area contributed by atoms with Crippen LogP contribution in [0.25, 0.3) is 0 Å². The van der Waals surface area contributed by atoms with Crippen LogP contribution in [-0.4, -0.2) is 23.7 Å². The Balaban J connectivity index is 2.89. The molecule has 1 aromatic carbocycles. The minimum atomic E-state index is -0.590. The SMILES string of the molecule is CCCCCC(=O)Nc1cc(SC(CCC)C(=O)OCC(C)C)c(Cl)cc1F. The van der Waals surface area contributed by atoms with Crippen LogP contribution >= 0.6 is 23.4 Å². The zero-order valence-corrected chi connectivity index (χ0v) is 18.7. The number of esters is 1. The molecule has 0 saturated carbocycles. The minimum Gasteiger partial charge on any atom is -0.465 e. The van der Waals surface area contributed by atoms with Gasteiger partial charge in [0.25, 0.3) is 0 Å². The predicted molar refractivity (Wildman–Crippen MR) is 115 cm³/mol. The highest BCUT2D eigenvalue weighted by molar-refractivity contribution is 8.00. The molecule has 0 aliphatic rings. The molecule has 0 aliphatic carbocycles. The average molecular weight is 432 g/mol. The molecule has 1 rings (SSSR count). The van der Waals surface area contributed by atoms with Gasteiger partial charge in [0.05, 0.1) is 17.3 Å². The lowest BCUT2D eigenvalue weighted by Crippen LogP contribution is -2.22. The van der Waals surface area contributed by atoms with E-state index in [2.05, 4.69) is 12.2 Å². The monoisotopic (exact) mass is 431 g/mol. The van der Waals surface area contributed by atoms with Crippen molar-refractivity contribution in [1.82, 2.24) is 0 Å². The number of anilines is 1. The van der Waals surface area contributed by atoms with E-state index in [0.29, 0.717) is 24.3 Å². The Kier molecular flexibility index (Phi) is 11.5. The Hall–Kier alpha value is -1.27. The van der Waals surface area contributed by atoms with Gasteiger partial charge in [0.2, 0.25) is 5.91 Å². The molecular formula is C21H31ClFNO3S. The fraction of sp³-hybridized carbons (Fsp3) is 0.619. The predicted octanol–water partition coefficient (Wildman–Crippen LogP) is 6.46. The molecule has 0 heterocycles. The normalized spacial score (nSPS) is 12.1. The number of carbonyl (C=O) groups excluding carboxylic acids is 2. The van der Waals surface area contributed by atoms with Crippen LogP contribution < -0.4 is 5.32 Å². The Morgan fingerprint density at radius 1 is 1.21 bits per heavy atom. The third-order valence-corrected chi connectivity index (χ3v) is 5.67. The fourth-order valence-corrected chi connectivity index (χ4v) is 3.91. The van der Waals surface area contributed by atoms with Gasteiger partial charge in [-0.1, -0.05) is 58.6 Å². The molecule has 0 radical (unpaired) electrons. The van der Waals surface area contributed by atoms with Crippen molar-refractivity contribution in [2.45, 2.75) is 76.4 Å². The van der Waals surface area contributed by atoms with Gasteiger partial charge in [-0.2, -0.15) is 0 Å². The standard InChI is InChI=1S/C21H31ClFNO3S/c1-5-7-8-10-20(25)24-17-12-19(15(22)11-16(17)23)28-18(9-6-2)21(26)27-13-14(3)4/h11-12,14,18H,5-10,13H2,1-4H3,(H,24,25). The van der Waals surface area contributed by atoms with Gasteiger partial charge in [-0.3, -0.25) is 9.59 Å². The van der Waals surface area contributed by atoms with E-state index in [4.69, 9.17) is 16.3 Å². The lowest BCUT2D eigenvalue weighted by Gasteiger charge is -2.17. The number of unbranched alkanes of at least 4 members (excludes halogenated alkanes) is 2. The first-order valence-electron chi connectivity index (χ1n) is 9.90. The number of halogens is 2. The Labute approximate surface area is 176 Å². The molecule has 158 valence electrons. The maximum Gasteiger partial charge on any atom is 0.319 e. The first-order chi connectivity index (χ1) is 13.3. The van der Waals surface area contributed by atoms with Crippen molar-refractivity contribution in [3.63, 3.8) is 0 Å². The molecule has 1 amide bonds. The second kappa shape index (κ2) is 13.0. The lowest BCUT2D eigenvalue weighted by atomic mass is 10.2. The second-order valence-electron chi connectivity index (χ2n) is 7.19. The molecule has 1 atom stereocenters. The van der Waals surface area contributed by atoms with E-state index in [9.17, 15) is 14.0 Å². The van der Waals surface area contributed by atoms with Crippen molar-refractivity contribution in [2.24, 2.45) is 5.92 Å². The van der Waals surface area contributed by atoms with Crippen molar-refractivity contribution < 1.29 is 18.7 Å². The van der Waals surface area contributed by atoms with Crippen LogP contribution in [-0.2, 0) is 14.3 Å². The van der Waals surface area contributed by atoms with Crippen molar-refractivity contribution >= 4 is 40.9 Å². The quantitative estimate of drug-likeness (QED) is 0.234. The molecule has 0 aliphatic heterocycles. The van der Waals surface area contributed by atoms with E-state index in [1.165, 1.54) is 23.9 Å². The number of carbonyl (C=O) groups is 2. The number of thioether (sulfide) groups is 1. The lowest BCUT2D eigenvalue weighted by molar-refractivity contribution is -0.144. The molecule has 1 aromatic rings. The van der Waals surface area contributed by atoms with Crippen LogP contribution in [0.1, 0.15) is 66.2 Å². The molecule has 1 N–H and O–H groups in total. The molecule has 0 aromatic heterocycles. The van der Waals surface area contributed by atoms with Crippen LogP contribution in [0.3, 0.4) is 0 Å². The van der Waals surface area contributed by atoms with Gasteiger partial charge in [-0.05, 0) is 30.9 Å². The summed E-state index contributed by atoms with van der Waals surface area (Å²) in [7, 11) is 0. The van der Waals surface area contributed by atoms with Crippen LogP contribution in [0, 0.1) is 11.7 Å². The molecule has 0 bridgehead atoms. The van der Waals surface area contributed by atoms with E-state index in [1.54, 1.807) is 0 Å². The number of benzene rings is 1. The summed E-state index contributed by atoms with van der Waals surface area (Å²) < 4.78 is 19.6. The summed E-state index contributed by atoms with van der Waals surface area (Å²) in [6, 6.07) is 2.67.